The van der Waals surface area contributed by atoms with Crippen molar-refractivity contribution in [2.24, 2.45) is 0 Å². The third-order valence-corrected chi connectivity index (χ3v) is 11.3. The molecule has 0 saturated heterocycles. The molecule has 232 valence electrons. The molecule has 0 N–H and O–H groups in total. The van der Waals surface area contributed by atoms with E-state index in [1.807, 2.05) is 11.3 Å². The van der Waals surface area contributed by atoms with Crippen molar-refractivity contribution >= 4 is 85.8 Å². The Morgan fingerprint density at radius 2 is 1.08 bits per heavy atom. The van der Waals surface area contributed by atoms with Crippen LogP contribution in [-0.2, 0) is 0 Å². The van der Waals surface area contributed by atoms with Crippen LogP contribution in [0.2, 0.25) is 0 Å². The van der Waals surface area contributed by atoms with Crippen LogP contribution in [0, 0.1) is 0 Å². The van der Waals surface area contributed by atoms with Crippen LogP contribution >= 0.6 is 11.3 Å². The predicted molar refractivity (Wildman–Crippen MR) is 213 cm³/mol. The van der Waals surface area contributed by atoms with E-state index >= 15 is 0 Å². The fourth-order valence-corrected chi connectivity index (χ4v) is 8.91. The lowest BCUT2D eigenvalue weighted by Gasteiger charge is -2.12. The van der Waals surface area contributed by atoms with Crippen LogP contribution in [0.25, 0.3) is 103 Å². The molecule has 0 aliphatic heterocycles. The molecule has 3 aromatic heterocycles. The summed E-state index contributed by atoms with van der Waals surface area (Å²) in [5.74, 6) is 0.672. The molecule has 0 saturated carbocycles. The third kappa shape index (κ3) is 4.09. The molecule has 0 radical (unpaired) electrons. The molecule has 11 aromatic rings. The molecule has 0 aliphatic carbocycles. The summed E-state index contributed by atoms with van der Waals surface area (Å²) in [6, 6.07) is 59.0. The van der Waals surface area contributed by atoms with Gasteiger partial charge < -0.3 is 0 Å². The molecule has 11 rings (SSSR count). The van der Waals surface area contributed by atoms with Gasteiger partial charge in [-0.25, -0.2) is 9.97 Å². The lowest BCUT2D eigenvalue weighted by molar-refractivity contribution is 1.01. The lowest BCUT2D eigenvalue weighted by Crippen LogP contribution is -2.03. The third-order valence-electron chi connectivity index (χ3n) is 10.2. The first-order chi connectivity index (χ1) is 24.8. The Labute approximate surface area is 291 Å². The molecule has 8 aromatic carbocycles. The first-order valence-corrected chi connectivity index (χ1v) is 17.7. The molecule has 0 amide bonds. The van der Waals surface area contributed by atoms with Crippen LogP contribution in [0.3, 0.4) is 0 Å². The van der Waals surface area contributed by atoms with Gasteiger partial charge in [0.15, 0.2) is 0 Å². The molecule has 0 atom stereocenters. The summed E-state index contributed by atoms with van der Waals surface area (Å²) in [6.07, 6.45) is 0. The number of hydrogen-bond acceptors (Lipinski definition) is 3. The van der Waals surface area contributed by atoms with Crippen LogP contribution in [0.4, 0.5) is 0 Å². The molecular weight excluding hydrogens is 627 g/mol. The molecule has 3 heterocycles. The lowest BCUT2D eigenvalue weighted by atomic mass is 9.97. The summed E-state index contributed by atoms with van der Waals surface area (Å²) in [7, 11) is 0. The largest absolute Gasteiger partial charge is 0.278 e. The van der Waals surface area contributed by atoms with Crippen molar-refractivity contribution in [3.63, 3.8) is 0 Å². The second-order valence-electron chi connectivity index (χ2n) is 13.0. The van der Waals surface area contributed by atoms with Gasteiger partial charge in [-0.1, -0.05) is 115 Å². The normalized spacial score (nSPS) is 12.0. The second kappa shape index (κ2) is 10.6. The molecule has 50 heavy (non-hydrogen) atoms. The van der Waals surface area contributed by atoms with Crippen molar-refractivity contribution in [3.05, 3.63) is 164 Å². The molecule has 0 unspecified atom stereocenters. The molecule has 0 aliphatic rings. The van der Waals surface area contributed by atoms with E-state index in [9.17, 15) is 0 Å². The Bertz CT molecular complexity index is 3170. The maximum atomic E-state index is 5.35. The van der Waals surface area contributed by atoms with Gasteiger partial charge in [-0.3, -0.25) is 4.57 Å². The van der Waals surface area contributed by atoms with Gasteiger partial charge in [0.2, 0.25) is 5.95 Å². The van der Waals surface area contributed by atoms with E-state index < -0.39 is 0 Å². The van der Waals surface area contributed by atoms with E-state index in [1.54, 1.807) is 0 Å². The zero-order valence-corrected chi connectivity index (χ0v) is 27.7. The quantitative estimate of drug-likeness (QED) is 0.190. The average Bonchev–Trinajstić information content (AvgIpc) is 3.73. The topological polar surface area (TPSA) is 30.7 Å². The Morgan fingerprint density at radius 3 is 2.02 bits per heavy atom. The van der Waals surface area contributed by atoms with Crippen molar-refractivity contribution in [2.75, 3.05) is 0 Å². The summed E-state index contributed by atoms with van der Waals surface area (Å²) >= 11 is 1.86. The maximum Gasteiger partial charge on any atom is 0.235 e. The summed E-state index contributed by atoms with van der Waals surface area (Å²) in [4.78, 5) is 10.5. The number of aromatic nitrogens is 3. The number of thiophene rings is 1. The van der Waals surface area contributed by atoms with E-state index in [-0.39, 0.29) is 0 Å². The van der Waals surface area contributed by atoms with Crippen LogP contribution in [-0.4, -0.2) is 14.5 Å². The average molecular weight is 654 g/mol. The molecule has 4 heteroatoms. The smallest absolute Gasteiger partial charge is 0.235 e. The van der Waals surface area contributed by atoms with Gasteiger partial charge in [0, 0.05) is 41.9 Å². The van der Waals surface area contributed by atoms with Crippen molar-refractivity contribution in [2.45, 2.75) is 0 Å². The SMILES string of the molecule is c1ccc2cc(-c3nc(-n4c5ccccc5c5c6ccc(-c7ccc8sc9ccccc9c8c7)cc6ccc54)nc4ccccc34)ccc2c1. The van der Waals surface area contributed by atoms with Gasteiger partial charge in [-0.05, 0) is 81.2 Å². The summed E-state index contributed by atoms with van der Waals surface area (Å²) < 4.78 is 4.90. The first kappa shape index (κ1) is 27.6. The number of benzene rings is 8. The van der Waals surface area contributed by atoms with Gasteiger partial charge in [-0.15, -0.1) is 11.3 Å². The molecule has 0 spiro atoms. The van der Waals surface area contributed by atoms with E-state index in [0.29, 0.717) is 5.95 Å². The number of hydrogen-bond donors (Lipinski definition) is 0. The minimum Gasteiger partial charge on any atom is -0.278 e. The Kier molecular flexibility index (Phi) is 5.83. The van der Waals surface area contributed by atoms with E-state index in [4.69, 9.17) is 9.97 Å². The van der Waals surface area contributed by atoms with Crippen LogP contribution in [0.5, 0.6) is 0 Å². The monoisotopic (exact) mass is 653 g/mol. The van der Waals surface area contributed by atoms with Crippen molar-refractivity contribution in [3.8, 4) is 28.3 Å². The summed E-state index contributed by atoms with van der Waals surface area (Å²) in [5.41, 5.74) is 7.57. The Morgan fingerprint density at radius 1 is 0.400 bits per heavy atom. The second-order valence-corrected chi connectivity index (χ2v) is 14.1. The van der Waals surface area contributed by atoms with Gasteiger partial charge in [0.25, 0.3) is 0 Å². The Hall–Kier alpha value is -6.36. The fourth-order valence-electron chi connectivity index (χ4n) is 7.82. The van der Waals surface area contributed by atoms with Crippen molar-refractivity contribution < 1.29 is 0 Å². The minimum atomic E-state index is 0.672. The minimum absolute atomic E-state index is 0.672. The molecule has 0 fully saturated rings. The van der Waals surface area contributed by atoms with E-state index in [0.717, 1.165) is 33.2 Å². The summed E-state index contributed by atoms with van der Waals surface area (Å²) in [6.45, 7) is 0. The number of rotatable bonds is 3. The molecular formula is C46H27N3S. The van der Waals surface area contributed by atoms with Crippen LogP contribution in [0.1, 0.15) is 0 Å². The number of fused-ring (bicyclic) bond motifs is 10. The van der Waals surface area contributed by atoms with Gasteiger partial charge in [-0.2, -0.15) is 0 Å². The van der Waals surface area contributed by atoms with Gasteiger partial charge in [0.05, 0.1) is 22.2 Å². The zero-order chi connectivity index (χ0) is 32.8. The summed E-state index contributed by atoms with van der Waals surface area (Å²) in [5, 5.41) is 10.9. The first-order valence-electron chi connectivity index (χ1n) is 16.9. The fraction of sp³-hybridized carbons (Fsp3) is 0. The predicted octanol–water partition coefficient (Wildman–Crippen LogP) is 12.7. The number of nitrogens with zero attached hydrogens (tertiary/aromatic N) is 3. The van der Waals surface area contributed by atoms with Crippen molar-refractivity contribution in [1.29, 1.82) is 0 Å². The highest BCUT2D eigenvalue weighted by Gasteiger charge is 2.19. The maximum absolute atomic E-state index is 5.35. The van der Waals surface area contributed by atoms with Crippen molar-refractivity contribution in [1.82, 2.24) is 14.5 Å². The highest BCUT2D eigenvalue weighted by Crippen LogP contribution is 2.40. The van der Waals surface area contributed by atoms with Gasteiger partial charge >= 0.3 is 0 Å². The van der Waals surface area contributed by atoms with Gasteiger partial charge in [0.1, 0.15) is 0 Å². The highest BCUT2D eigenvalue weighted by molar-refractivity contribution is 7.25. The molecule has 0 bridgehead atoms. The standard InChI is InChI=1S/C46H27N3S/c1-2-10-29-26-33(18-17-28(29)9-1)45-36-12-3-6-14-39(36)47-46(48-45)49-40-15-7-4-13-37(40)44-34-22-19-30(25-32(34)20-23-41(44)49)31-21-24-43-38(27-31)35-11-5-8-16-42(35)50-43/h1-27H. The van der Waals surface area contributed by atoms with E-state index in [2.05, 4.69) is 168 Å². The van der Waals surface area contributed by atoms with Crippen LogP contribution < -0.4 is 0 Å². The number of para-hydroxylation sites is 2. The Balaban J connectivity index is 1.12. The van der Waals surface area contributed by atoms with Crippen LogP contribution in [0.15, 0.2) is 164 Å². The highest BCUT2D eigenvalue weighted by atomic mass is 32.1. The molecule has 3 nitrogen and oxygen atoms in total. The van der Waals surface area contributed by atoms with E-state index in [1.165, 1.54) is 63.6 Å². The zero-order valence-electron chi connectivity index (χ0n) is 26.8.